The molecule has 0 bridgehead atoms. The van der Waals surface area contributed by atoms with Crippen LogP contribution in [0.3, 0.4) is 0 Å². The van der Waals surface area contributed by atoms with E-state index < -0.39 is 6.10 Å². The Bertz CT molecular complexity index is 646. The average molecular weight is 240 g/mol. The summed E-state index contributed by atoms with van der Waals surface area (Å²) in [7, 11) is 0. The quantitative estimate of drug-likeness (QED) is 0.729. The van der Waals surface area contributed by atoms with Gasteiger partial charge in [-0.1, -0.05) is 18.2 Å². The maximum absolute atomic E-state index is 10.1. The molecule has 0 amide bonds. The molecular formula is C13H12N4O. The first kappa shape index (κ1) is 10.9. The van der Waals surface area contributed by atoms with Gasteiger partial charge in [0.15, 0.2) is 5.82 Å². The van der Waals surface area contributed by atoms with Crippen molar-refractivity contribution in [2.45, 2.75) is 12.5 Å². The molecule has 0 aliphatic rings. The summed E-state index contributed by atoms with van der Waals surface area (Å²) in [5.41, 5.74) is 1.98. The van der Waals surface area contributed by atoms with Crippen LogP contribution < -0.4 is 0 Å². The molecule has 3 aromatic rings. The lowest BCUT2D eigenvalue weighted by molar-refractivity contribution is 0.169. The highest BCUT2D eigenvalue weighted by Gasteiger charge is 2.13. The molecule has 0 spiro atoms. The fraction of sp³-hybridized carbons (Fsp3) is 0.154. The number of aromatic nitrogens is 4. The van der Waals surface area contributed by atoms with Crippen molar-refractivity contribution in [3.05, 3.63) is 54.2 Å². The molecule has 5 heteroatoms. The van der Waals surface area contributed by atoms with Crippen molar-refractivity contribution < 1.29 is 5.11 Å². The normalized spacial score (nSPS) is 12.7. The highest BCUT2D eigenvalue weighted by atomic mass is 16.3. The number of aliphatic hydroxyl groups excluding tert-OH is 1. The predicted octanol–water partition coefficient (Wildman–Crippen LogP) is 1.63. The van der Waals surface area contributed by atoms with Crippen LogP contribution in [-0.2, 0) is 6.42 Å². The minimum Gasteiger partial charge on any atom is -0.385 e. The second-order valence-corrected chi connectivity index (χ2v) is 4.08. The smallest absolute Gasteiger partial charge is 0.153 e. The second-order valence-electron chi connectivity index (χ2n) is 4.08. The molecule has 18 heavy (non-hydrogen) atoms. The Labute approximate surface area is 104 Å². The number of hydrogen-bond donors (Lipinski definition) is 2. The van der Waals surface area contributed by atoms with Crippen LogP contribution in [0.5, 0.6) is 0 Å². The van der Waals surface area contributed by atoms with Gasteiger partial charge in [0, 0.05) is 18.0 Å². The molecule has 0 aliphatic heterocycles. The number of fused-ring (bicyclic) bond motifs is 1. The van der Waals surface area contributed by atoms with Crippen molar-refractivity contribution >= 4 is 10.9 Å². The molecule has 2 N–H and O–H groups in total. The lowest BCUT2D eigenvalue weighted by atomic mass is 10.0. The number of aliphatic hydroxyl groups is 1. The highest BCUT2D eigenvalue weighted by Crippen LogP contribution is 2.21. The van der Waals surface area contributed by atoms with E-state index in [1.54, 1.807) is 6.20 Å². The van der Waals surface area contributed by atoms with E-state index in [1.807, 2.05) is 30.3 Å². The van der Waals surface area contributed by atoms with Gasteiger partial charge < -0.3 is 5.11 Å². The van der Waals surface area contributed by atoms with Crippen LogP contribution in [0.2, 0.25) is 0 Å². The van der Waals surface area contributed by atoms with Gasteiger partial charge in [-0.2, -0.15) is 5.10 Å². The van der Waals surface area contributed by atoms with Crippen LogP contribution in [0, 0.1) is 0 Å². The zero-order valence-electron chi connectivity index (χ0n) is 9.61. The summed E-state index contributed by atoms with van der Waals surface area (Å²) in [6, 6.07) is 9.80. The number of pyridine rings is 1. The van der Waals surface area contributed by atoms with Gasteiger partial charge in [0.1, 0.15) is 12.4 Å². The molecule has 1 atom stereocenters. The lowest BCUT2D eigenvalue weighted by Gasteiger charge is -2.09. The van der Waals surface area contributed by atoms with Gasteiger partial charge in [0.05, 0.1) is 5.52 Å². The van der Waals surface area contributed by atoms with Gasteiger partial charge in [0.25, 0.3) is 0 Å². The molecule has 1 aromatic carbocycles. The van der Waals surface area contributed by atoms with E-state index in [0.717, 1.165) is 16.5 Å². The van der Waals surface area contributed by atoms with Crippen molar-refractivity contribution in [3.8, 4) is 0 Å². The van der Waals surface area contributed by atoms with Crippen molar-refractivity contribution in [2.24, 2.45) is 0 Å². The molecule has 5 nitrogen and oxygen atoms in total. The molecule has 0 aliphatic carbocycles. The Morgan fingerprint density at radius 1 is 1.17 bits per heavy atom. The zero-order chi connectivity index (χ0) is 12.4. The van der Waals surface area contributed by atoms with E-state index >= 15 is 0 Å². The number of para-hydroxylation sites is 1. The molecule has 1 unspecified atom stereocenters. The number of nitrogens with one attached hydrogen (secondary N) is 1. The van der Waals surface area contributed by atoms with Gasteiger partial charge in [0.2, 0.25) is 0 Å². The predicted molar refractivity (Wildman–Crippen MR) is 66.8 cm³/mol. The van der Waals surface area contributed by atoms with E-state index in [0.29, 0.717) is 12.2 Å². The third-order valence-electron chi connectivity index (χ3n) is 2.90. The van der Waals surface area contributed by atoms with Gasteiger partial charge in [-0.05, 0) is 17.7 Å². The first-order valence-electron chi connectivity index (χ1n) is 5.70. The number of benzene rings is 1. The summed E-state index contributed by atoms with van der Waals surface area (Å²) in [4.78, 5) is 8.25. The molecule has 2 heterocycles. The molecule has 90 valence electrons. The van der Waals surface area contributed by atoms with E-state index in [4.69, 9.17) is 0 Å². The minimum atomic E-state index is -0.682. The second kappa shape index (κ2) is 4.54. The van der Waals surface area contributed by atoms with Gasteiger partial charge in [-0.25, -0.2) is 4.98 Å². The van der Waals surface area contributed by atoms with Crippen LogP contribution in [0.15, 0.2) is 42.9 Å². The molecule has 0 radical (unpaired) electrons. The lowest BCUT2D eigenvalue weighted by Crippen LogP contribution is -2.04. The topological polar surface area (TPSA) is 74.7 Å². The maximum Gasteiger partial charge on any atom is 0.153 e. The fourth-order valence-corrected chi connectivity index (χ4v) is 2.01. The van der Waals surface area contributed by atoms with Gasteiger partial charge in [-0.3, -0.25) is 10.1 Å². The monoisotopic (exact) mass is 240 g/mol. The Morgan fingerprint density at radius 3 is 2.89 bits per heavy atom. The van der Waals surface area contributed by atoms with Crippen LogP contribution in [0.25, 0.3) is 10.9 Å². The van der Waals surface area contributed by atoms with E-state index in [9.17, 15) is 5.11 Å². The fourth-order valence-electron chi connectivity index (χ4n) is 2.01. The van der Waals surface area contributed by atoms with Crippen molar-refractivity contribution in [2.75, 3.05) is 0 Å². The van der Waals surface area contributed by atoms with E-state index in [-0.39, 0.29) is 0 Å². The van der Waals surface area contributed by atoms with Crippen LogP contribution in [0.4, 0.5) is 0 Å². The van der Waals surface area contributed by atoms with E-state index in [1.165, 1.54) is 6.33 Å². The summed E-state index contributed by atoms with van der Waals surface area (Å²) in [5, 5.41) is 17.5. The third kappa shape index (κ3) is 1.96. The summed E-state index contributed by atoms with van der Waals surface area (Å²) in [5.74, 6) is 0.482. The Kier molecular flexibility index (Phi) is 2.74. The first-order valence-corrected chi connectivity index (χ1v) is 5.70. The standard InChI is InChI=1S/C13H12N4O/c18-12(13-15-8-16-17-13)7-9-5-6-14-11-4-2-1-3-10(9)11/h1-6,8,12,18H,7H2,(H,15,16,17). The molecule has 0 fully saturated rings. The number of rotatable bonds is 3. The Hall–Kier alpha value is -2.27. The molecule has 0 saturated carbocycles. The van der Waals surface area contributed by atoms with Crippen molar-refractivity contribution in [1.82, 2.24) is 20.2 Å². The first-order chi connectivity index (χ1) is 8.84. The summed E-state index contributed by atoms with van der Waals surface area (Å²) in [6.45, 7) is 0. The van der Waals surface area contributed by atoms with Crippen molar-refractivity contribution in [1.29, 1.82) is 0 Å². The van der Waals surface area contributed by atoms with Crippen LogP contribution >= 0.6 is 0 Å². The van der Waals surface area contributed by atoms with E-state index in [2.05, 4.69) is 20.2 Å². The number of nitrogens with zero attached hydrogens (tertiary/aromatic N) is 3. The third-order valence-corrected chi connectivity index (χ3v) is 2.90. The minimum absolute atomic E-state index is 0.482. The number of hydrogen-bond acceptors (Lipinski definition) is 4. The highest BCUT2D eigenvalue weighted by molar-refractivity contribution is 5.81. The Morgan fingerprint density at radius 2 is 2.06 bits per heavy atom. The number of H-pyrrole nitrogens is 1. The summed E-state index contributed by atoms with van der Waals surface area (Å²) in [6.07, 6.45) is 2.95. The average Bonchev–Trinajstić information content (AvgIpc) is 2.93. The van der Waals surface area contributed by atoms with Gasteiger partial charge >= 0.3 is 0 Å². The molecule has 3 rings (SSSR count). The zero-order valence-corrected chi connectivity index (χ0v) is 9.61. The number of aromatic amines is 1. The van der Waals surface area contributed by atoms with Gasteiger partial charge in [-0.15, -0.1) is 0 Å². The van der Waals surface area contributed by atoms with Crippen molar-refractivity contribution in [3.63, 3.8) is 0 Å². The molecule has 2 aromatic heterocycles. The Balaban J connectivity index is 1.95. The van der Waals surface area contributed by atoms with Crippen LogP contribution in [-0.4, -0.2) is 25.3 Å². The summed E-state index contributed by atoms with van der Waals surface area (Å²) < 4.78 is 0. The maximum atomic E-state index is 10.1. The summed E-state index contributed by atoms with van der Waals surface area (Å²) >= 11 is 0. The molecule has 0 saturated heterocycles. The SMILES string of the molecule is OC(Cc1ccnc2ccccc12)c1ncn[nH]1. The largest absolute Gasteiger partial charge is 0.385 e. The molecular weight excluding hydrogens is 228 g/mol. The van der Waals surface area contributed by atoms with Crippen LogP contribution in [0.1, 0.15) is 17.5 Å².